The number of nitrogens with one attached hydrogen (secondary N) is 1. The number of hydrogen-bond donors (Lipinski definition) is 2. The van der Waals surface area contributed by atoms with E-state index in [2.05, 4.69) is 5.32 Å². The Hall–Kier alpha value is -2.74. The minimum absolute atomic E-state index is 0.135. The van der Waals surface area contributed by atoms with Gasteiger partial charge in [0.05, 0.1) is 10.5 Å². The molecule has 0 saturated heterocycles. The van der Waals surface area contributed by atoms with Gasteiger partial charge in [-0.1, -0.05) is 6.07 Å². The van der Waals surface area contributed by atoms with Crippen molar-refractivity contribution in [2.45, 2.75) is 6.92 Å². The minimum atomic E-state index is -0.651. The highest BCUT2D eigenvalue weighted by atomic mass is 32.1. The van der Waals surface area contributed by atoms with Crippen molar-refractivity contribution in [3.8, 4) is 0 Å². The first-order valence-electron chi connectivity index (χ1n) is 5.84. The summed E-state index contributed by atoms with van der Waals surface area (Å²) < 4.78 is 0. The van der Waals surface area contributed by atoms with Gasteiger partial charge in [-0.05, 0) is 24.4 Å². The molecular formula is C13H11N3O4S. The average molecular weight is 305 g/mol. The first-order chi connectivity index (χ1) is 9.91. The number of thiophene rings is 1. The SMILES string of the molecule is Cc1c(C(=O)Nc2sccc2C(N)=O)cccc1[N+](=O)[O-]. The van der Waals surface area contributed by atoms with Crippen LogP contribution >= 0.6 is 11.3 Å². The second kappa shape index (κ2) is 5.71. The lowest BCUT2D eigenvalue weighted by atomic mass is 10.1. The fourth-order valence-corrected chi connectivity index (χ4v) is 2.63. The normalized spacial score (nSPS) is 10.1. The second-order valence-electron chi connectivity index (χ2n) is 4.19. The lowest BCUT2D eigenvalue weighted by molar-refractivity contribution is -0.385. The summed E-state index contributed by atoms with van der Waals surface area (Å²) in [4.78, 5) is 33.7. The maximum absolute atomic E-state index is 12.2. The molecule has 0 fully saturated rings. The highest BCUT2D eigenvalue weighted by Gasteiger charge is 2.19. The van der Waals surface area contributed by atoms with Gasteiger partial charge >= 0.3 is 0 Å². The molecule has 0 unspecified atom stereocenters. The van der Waals surface area contributed by atoms with E-state index in [4.69, 9.17) is 5.73 Å². The number of nitro groups is 1. The van der Waals surface area contributed by atoms with Crippen molar-refractivity contribution in [2.24, 2.45) is 5.73 Å². The Labute approximate surface area is 123 Å². The monoisotopic (exact) mass is 305 g/mol. The third-order valence-corrected chi connectivity index (χ3v) is 3.73. The predicted octanol–water partition coefficient (Wildman–Crippen LogP) is 2.32. The van der Waals surface area contributed by atoms with Crippen LogP contribution in [0, 0.1) is 17.0 Å². The molecule has 2 aromatic rings. The average Bonchev–Trinajstić information content (AvgIpc) is 2.86. The van der Waals surface area contributed by atoms with Gasteiger partial charge in [0.1, 0.15) is 5.00 Å². The van der Waals surface area contributed by atoms with Crippen LogP contribution in [0.5, 0.6) is 0 Å². The zero-order valence-corrected chi connectivity index (χ0v) is 11.8. The summed E-state index contributed by atoms with van der Waals surface area (Å²) in [5.41, 5.74) is 5.70. The molecule has 2 rings (SSSR count). The van der Waals surface area contributed by atoms with E-state index in [1.165, 1.54) is 31.2 Å². The number of hydrogen-bond acceptors (Lipinski definition) is 5. The highest BCUT2D eigenvalue weighted by Crippen LogP contribution is 2.26. The van der Waals surface area contributed by atoms with Crippen LogP contribution in [0.15, 0.2) is 29.6 Å². The number of carbonyl (C=O) groups excluding carboxylic acids is 2. The summed E-state index contributed by atoms with van der Waals surface area (Å²) in [6.07, 6.45) is 0. The van der Waals surface area contributed by atoms with Gasteiger partial charge in [-0.25, -0.2) is 0 Å². The van der Waals surface area contributed by atoms with Gasteiger partial charge < -0.3 is 11.1 Å². The van der Waals surface area contributed by atoms with Crippen LogP contribution in [0.1, 0.15) is 26.3 Å². The maximum Gasteiger partial charge on any atom is 0.273 e. The number of rotatable bonds is 4. The molecule has 0 aliphatic heterocycles. The number of anilines is 1. The molecule has 0 atom stereocenters. The van der Waals surface area contributed by atoms with E-state index in [0.29, 0.717) is 5.00 Å². The van der Waals surface area contributed by atoms with Crippen molar-refractivity contribution in [1.29, 1.82) is 0 Å². The second-order valence-corrected chi connectivity index (χ2v) is 5.10. The van der Waals surface area contributed by atoms with Crippen molar-refractivity contribution in [3.63, 3.8) is 0 Å². The molecule has 3 N–H and O–H groups in total. The predicted molar refractivity (Wildman–Crippen MR) is 78.6 cm³/mol. The minimum Gasteiger partial charge on any atom is -0.366 e. The molecule has 1 aromatic heterocycles. The van der Waals surface area contributed by atoms with E-state index in [1.807, 2.05) is 0 Å². The number of nitrogens with two attached hydrogens (primary N) is 1. The van der Waals surface area contributed by atoms with Gasteiger partial charge in [0.15, 0.2) is 0 Å². The third kappa shape index (κ3) is 2.90. The maximum atomic E-state index is 12.2. The van der Waals surface area contributed by atoms with Gasteiger partial charge in [0.2, 0.25) is 0 Å². The molecule has 1 heterocycles. The summed E-state index contributed by atoms with van der Waals surface area (Å²) in [5, 5.41) is 15.4. The van der Waals surface area contributed by atoms with Crippen LogP contribution in [0.2, 0.25) is 0 Å². The Balaban J connectivity index is 2.33. The Morgan fingerprint density at radius 2 is 2.00 bits per heavy atom. The Morgan fingerprint density at radius 1 is 1.29 bits per heavy atom. The first kappa shape index (κ1) is 14.7. The number of benzene rings is 1. The third-order valence-electron chi connectivity index (χ3n) is 2.90. The lowest BCUT2D eigenvalue weighted by Crippen LogP contribution is -2.17. The molecule has 2 amide bonds. The number of nitrogens with zero attached hydrogens (tertiary/aromatic N) is 1. The van der Waals surface area contributed by atoms with Gasteiger partial charge in [0, 0.05) is 17.2 Å². The van der Waals surface area contributed by atoms with Crippen molar-refractivity contribution in [3.05, 3.63) is 56.5 Å². The van der Waals surface area contributed by atoms with Crippen LogP contribution in [0.3, 0.4) is 0 Å². The van der Waals surface area contributed by atoms with Gasteiger partial charge in [-0.3, -0.25) is 19.7 Å². The molecule has 21 heavy (non-hydrogen) atoms. The van der Waals surface area contributed by atoms with E-state index >= 15 is 0 Å². The van der Waals surface area contributed by atoms with Gasteiger partial charge in [-0.15, -0.1) is 11.3 Å². The van der Waals surface area contributed by atoms with Crippen LogP contribution in [0.4, 0.5) is 10.7 Å². The molecule has 7 nitrogen and oxygen atoms in total. The highest BCUT2D eigenvalue weighted by molar-refractivity contribution is 7.14. The van der Waals surface area contributed by atoms with Crippen molar-refractivity contribution in [2.75, 3.05) is 5.32 Å². The van der Waals surface area contributed by atoms with Crippen LogP contribution in [-0.4, -0.2) is 16.7 Å². The van der Waals surface area contributed by atoms with E-state index in [1.54, 1.807) is 5.38 Å². The first-order valence-corrected chi connectivity index (χ1v) is 6.72. The van der Waals surface area contributed by atoms with Gasteiger partial charge in [-0.2, -0.15) is 0 Å². The number of nitro benzene ring substituents is 1. The Morgan fingerprint density at radius 3 is 2.62 bits per heavy atom. The molecule has 0 aliphatic rings. The van der Waals surface area contributed by atoms with Crippen molar-refractivity contribution < 1.29 is 14.5 Å². The fraction of sp³-hybridized carbons (Fsp3) is 0.0769. The molecule has 0 saturated carbocycles. The van der Waals surface area contributed by atoms with Crippen LogP contribution < -0.4 is 11.1 Å². The van der Waals surface area contributed by atoms with Crippen molar-refractivity contribution in [1.82, 2.24) is 0 Å². The zero-order valence-electron chi connectivity index (χ0n) is 11.0. The molecule has 108 valence electrons. The quantitative estimate of drug-likeness (QED) is 0.666. The molecule has 0 aliphatic carbocycles. The molecule has 0 bridgehead atoms. The van der Waals surface area contributed by atoms with Gasteiger partial charge in [0.25, 0.3) is 17.5 Å². The van der Waals surface area contributed by atoms with E-state index in [9.17, 15) is 19.7 Å². The summed E-state index contributed by atoms with van der Waals surface area (Å²) >= 11 is 1.15. The Bertz CT molecular complexity index is 739. The summed E-state index contributed by atoms with van der Waals surface area (Å²) in [7, 11) is 0. The van der Waals surface area contributed by atoms with Crippen LogP contribution in [0.25, 0.3) is 0 Å². The van der Waals surface area contributed by atoms with E-state index in [-0.39, 0.29) is 22.4 Å². The van der Waals surface area contributed by atoms with E-state index in [0.717, 1.165) is 11.3 Å². The molecule has 0 spiro atoms. The van der Waals surface area contributed by atoms with Crippen LogP contribution in [-0.2, 0) is 0 Å². The largest absolute Gasteiger partial charge is 0.366 e. The number of amides is 2. The number of primary amides is 1. The standard InChI is InChI=1S/C13H11N3O4S/c1-7-8(3-2-4-10(7)16(19)20)12(18)15-13-9(11(14)17)5-6-21-13/h2-6H,1H3,(H2,14,17)(H,15,18). The van der Waals surface area contributed by atoms with E-state index < -0.39 is 16.7 Å². The smallest absolute Gasteiger partial charge is 0.273 e. The van der Waals surface area contributed by atoms with Crippen molar-refractivity contribution >= 4 is 33.8 Å². The molecule has 1 aromatic carbocycles. The number of carbonyl (C=O) groups is 2. The molecular weight excluding hydrogens is 294 g/mol. The molecule has 0 radical (unpaired) electrons. The Kier molecular flexibility index (Phi) is 3.99. The summed E-state index contributed by atoms with van der Waals surface area (Å²) in [6.45, 7) is 1.50. The topological polar surface area (TPSA) is 115 Å². The summed E-state index contributed by atoms with van der Waals surface area (Å²) in [5.74, 6) is -1.18. The lowest BCUT2D eigenvalue weighted by Gasteiger charge is -2.07. The fourth-order valence-electron chi connectivity index (χ4n) is 1.84. The molecule has 8 heteroatoms. The summed E-state index contributed by atoms with van der Waals surface area (Å²) in [6, 6.07) is 5.74. The zero-order chi connectivity index (χ0) is 15.6.